The Morgan fingerprint density at radius 3 is 2.69 bits per heavy atom. The quantitative estimate of drug-likeness (QED) is 0.495. The zero-order valence-corrected chi connectivity index (χ0v) is 18.8. The van der Waals surface area contributed by atoms with Crippen LogP contribution in [0.3, 0.4) is 0 Å². The number of rotatable bonds is 6. The maximum absolute atomic E-state index is 11.6. The summed E-state index contributed by atoms with van der Waals surface area (Å²) in [6.07, 6.45) is -0.400. The molecule has 8 heteroatoms. The Labute approximate surface area is 190 Å². The monoisotopic (exact) mass is 450 g/mol. The van der Waals surface area contributed by atoms with Crippen molar-refractivity contribution in [2.24, 2.45) is 0 Å². The summed E-state index contributed by atoms with van der Waals surface area (Å²) in [6.45, 7) is 4.21. The van der Waals surface area contributed by atoms with Gasteiger partial charge < -0.3 is 18.9 Å². The van der Waals surface area contributed by atoms with Crippen LogP contribution in [0.4, 0.5) is 0 Å². The molecular weight excluding hydrogens is 428 g/mol. The number of hydrogen-bond donors (Lipinski definition) is 0. The minimum atomic E-state index is -0.730. The van der Waals surface area contributed by atoms with E-state index in [0.29, 0.717) is 29.0 Å². The van der Waals surface area contributed by atoms with Gasteiger partial charge in [0.15, 0.2) is 5.79 Å². The molecule has 1 aliphatic rings. The summed E-state index contributed by atoms with van der Waals surface area (Å²) >= 11 is 1.55. The van der Waals surface area contributed by atoms with Crippen LogP contribution in [0.25, 0.3) is 10.6 Å². The van der Waals surface area contributed by atoms with Gasteiger partial charge in [-0.05, 0) is 49.1 Å². The first kappa shape index (κ1) is 22.0. The van der Waals surface area contributed by atoms with E-state index in [1.165, 1.54) is 7.11 Å². The molecule has 0 N–H and O–H groups in total. The maximum Gasteiger partial charge on any atom is 0.337 e. The van der Waals surface area contributed by atoms with Gasteiger partial charge >= 0.3 is 5.97 Å². The molecule has 164 valence electrons. The van der Waals surface area contributed by atoms with Crippen LogP contribution in [-0.2, 0) is 20.8 Å². The molecule has 3 heterocycles. The first-order valence-corrected chi connectivity index (χ1v) is 10.9. The highest BCUT2D eigenvalue weighted by atomic mass is 32.1. The van der Waals surface area contributed by atoms with Crippen molar-refractivity contribution in [1.82, 2.24) is 4.98 Å². The van der Waals surface area contributed by atoms with Gasteiger partial charge in [-0.1, -0.05) is 18.2 Å². The van der Waals surface area contributed by atoms with Gasteiger partial charge in [-0.15, -0.1) is 11.3 Å². The van der Waals surface area contributed by atoms with Crippen molar-refractivity contribution in [1.29, 1.82) is 5.26 Å². The van der Waals surface area contributed by atoms with Crippen molar-refractivity contribution in [2.75, 3.05) is 13.7 Å². The van der Waals surface area contributed by atoms with Crippen LogP contribution in [0.1, 0.15) is 47.0 Å². The van der Waals surface area contributed by atoms with Crippen LogP contribution in [0.15, 0.2) is 47.8 Å². The lowest BCUT2D eigenvalue weighted by atomic mass is 10.0. The largest absolute Gasteiger partial charge is 0.472 e. The molecule has 7 nitrogen and oxygen atoms in total. The number of aromatic nitrogens is 1. The molecule has 1 saturated heterocycles. The zero-order valence-electron chi connectivity index (χ0n) is 18.0. The molecule has 1 aromatic carbocycles. The third kappa shape index (κ3) is 4.65. The van der Waals surface area contributed by atoms with Gasteiger partial charge in [0.05, 0.1) is 29.9 Å². The van der Waals surface area contributed by atoms with E-state index >= 15 is 0 Å². The fraction of sp³-hybridized carbons (Fsp3) is 0.292. The first-order valence-electron chi connectivity index (χ1n) is 10.0. The Kier molecular flexibility index (Phi) is 6.24. The average molecular weight is 451 g/mol. The normalized spacial score (nSPS) is 17.0. The van der Waals surface area contributed by atoms with E-state index in [1.54, 1.807) is 35.6 Å². The van der Waals surface area contributed by atoms with E-state index in [2.05, 4.69) is 11.1 Å². The van der Waals surface area contributed by atoms with Crippen LogP contribution < -0.4 is 4.74 Å². The Bertz CT molecular complexity index is 1150. The van der Waals surface area contributed by atoms with E-state index in [-0.39, 0.29) is 12.5 Å². The average Bonchev–Trinajstić information content (AvgIpc) is 3.46. The van der Waals surface area contributed by atoms with Crippen molar-refractivity contribution in [3.05, 3.63) is 70.1 Å². The van der Waals surface area contributed by atoms with Crippen LogP contribution in [0.5, 0.6) is 5.88 Å². The van der Waals surface area contributed by atoms with Gasteiger partial charge in [-0.2, -0.15) is 5.26 Å². The number of ether oxygens (including phenoxy) is 4. The number of thiophene rings is 1. The number of pyridine rings is 1. The lowest BCUT2D eigenvalue weighted by molar-refractivity contribution is -0.139. The fourth-order valence-electron chi connectivity index (χ4n) is 3.41. The Morgan fingerprint density at radius 1 is 1.31 bits per heavy atom. The summed E-state index contributed by atoms with van der Waals surface area (Å²) in [5.41, 5.74) is 3.00. The summed E-state index contributed by atoms with van der Waals surface area (Å²) in [5.74, 6) is -0.897. The van der Waals surface area contributed by atoms with Crippen LogP contribution in [-0.4, -0.2) is 30.5 Å². The molecule has 0 spiro atoms. The van der Waals surface area contributed by atoms with Gasteiger partial charge in [0.25, 0.3) is 0 Å². The van der Waals surface area contributed by atoms with Gasteiger partial charge in [0.2, 0.25) is 5.88 Å². The second kappa shape index (κ2) is 9.09. The molecule has 0 bridgehead atoms. The molecule has 1 unspecified atom stereocenters. The van der Waals surface area contributed by atoms with E-state index < -0.39 is 17.9 Å². The zero-order chi connectivity index (χ0) is 22.7. The fourth-order valence-corrected chi connectivity index (χ4v) is 4.09. The molecule has 0 aliphatic carbocycles. The minimum absolute atomic E-state index is 0.185. The van der Waals surface area contributed by atoms with Crippen LogP contribution in [0, 0.1) is 11.3 Å². The van der Waals surface area contributed by atoms with Gasteiger partial charge in [0.1, 0.15) is 24.3 Å². The van der Waals surface area contributed by atoms with E-state index in [9.17, 15) is 10.1 Å². The number of nitrogens with zero attached hydrogens (tertiary/aromatic N) is 2. The topological polar surface area (TPSA) is 90.7 Å². The smallest absolute Gasteiger partial charge is 0.337 e. The van der Waals surface area contributed by atoms with Gasteiger partial charge in [0, 0.05) is 5.56 Å². The summed E-state index contributed by atoms with van der Waals surface area (Å²) in [7, 11) is 1.34. The Hall–Kier alpha value is -3.25. The van der Waals surface area contributed by atoms with Gasteiger partial charge in [-0.25, -0.2) is 9.78 Å². The highest BCUT2D eigenvalue weighted by molar-refractivity contribution is 7.13. The van der Waals surface area contributed by atoms with Gasteiger partial charge in [-0.3, -0.25) is 0 Å². The first-order chi connectivity index (χ1) is 15.4. The highest BCUT2D eigenvalue weighted by Crippen LogP contribution is 2.39. The third-order valence-corrected chi connectivity index (χ3v) is 5.90. The SMILES string of the molecule is COC(=O)c1ccc(COc2nc(-c3cccs3)cc(C3COC(C)(C)O3)c2C#N)cc1. The van der Waals surface area contributed by atoms with Crippen LogP contribution >= 0.6 is 11.3 Å². The summed E-state index contributed by atoms with van der Waals surface area (Å²) in [4.78, 5) is 17.2. The van der Waals surface area contributed by atoms with E-state index in [0.717, 1.165) is 10.4 Å². The Balaban J connectivity index is 1.66. The minimum Gasteiger partial charge on any atom is -0.472 e. The molecule has 0 radical (unpaired) electrons. The number of methoxy groups -OCH3 is 1. The van der Waals surface area contributed by atoms with Crippen molar-refractivity contribution in [3.63, 3.8) is 0 Å². The summed E-state index contributed by atoms with van der Waals surface area (Å²) in [5, 5.41) is 11.9. The molecule has 0 amide bonds. The van der Waals surface area contributed by atoms with Crippen molar-refractivity contribution >= 4 is 17.3 Å². The number of carbonyl (C=O) groups is 1. The molecule has 3 aromatic rings. The number of benzene rings is 1. The maximum atomic E-state index is 11.6. The lowest BCUT2D eigenvalue weighted by Gasteiger charge is -2.19. The summed E-state index contributed by atoms with van der Waals surface area (Å²) in [6, 6.07) is 14.9. The number of nitriles is 1. The second-order valence-corrected chi connectivity index (χ2v) is 8.61. The molecule has 1 atom stereocenters. The van der Waals surface area contributed by atoms with Crippen molar-refractivity contribution in [3.8, 4) is 22.5 Å². The van der Waals surface area contributed by atoms with E-state index in [1.807, 2.05) is 37.4 Å². The molecule has 4 rings (SSSR count). The highest BCUT2D eigenvalue weighted by Gasteiger charge is 2.36. The standard InChI is InChI=1S/C24H22N2O5S/c1-24(2)30-14-20(31-24)17-11-19(21-5-4-10-32-21)26-22(18(17)12-25)29-13-15-6-8-16(9-7-15)23(27)28-3/h4-11,20H,13-14H2,1-3H3. The predicted molar refractivity (Wildman–Crippen MR) is 118 cm³/mol. The molecule has 0 saturated carbocycles. The second-order valence-electron chi connectivity index (χ2n) is 7.66. The molecule has 2 aromatic heterocycles. The number of carbonyl (C=O) groups excluding carboxylic acids is 1. The summed E-state index contributed by atoms with van der Waals surface area (Å²) < 4.78 is 22.4. The lowest BCUT2D eigenvalue weighted by Crippen LogP contribution is -2.20. The van der Waals surface area contributed by atoms with Crippen molar-refractivity contribution in [2.45, 2.75) is 32.3 Å². The van der Waals surface area contributed by atoms with E-state index in [4.69, 9.17) is 18.9 Å². The molecule has 32 heavy (non-hydrogen) atoms. The molecule has 1 fully saturated rings. The van der Waals surface area contributed by atoms with Crippen LogP contribution in [0.2, 0.25) is 0 Å². The number of esters is 1. The Morgan fingerprint density at radius 2 is 2.09 bits per heavy atom. The predicted octanol–water partition coefficient (Wildman–Crippen LogP) is 4.87. The third-order valence-electron chi connectivity index (χ3n) is 5.01. The number of hydrogen-bond acceptors (Lipinski definition) is 8. The molecular formula is C24H22N2O5S. The molecule has 1 aliphatic heterocycles. The van der Waals surface area contributed by atoms with Crippen molar-refractivity contribution < 1.29 is 23.7 Å².